The first-order chi connectivity index (χ1) is 9.00. The third-order valence-electron chi connectivity index (χ3n) is 3.95. The average Bonchev–Trinajstić information content (AvgIpc) is 2.80. The third kappa shape index (κ3) is 4.04. The van der Waals surface area contributed by atoms with E-state index in [9.17, 15) is 0 Å². The molecular weight excluding hydrogens is 252 g/mol. The maximum atomic E-state index is 3.34. The van der Waals surface area contributed by atoms with Gasteiger partial charge in [0.25, 0.3) is 0 Å². The van der Waals surface area contributed by atoms with Gasteiger partial charge in [-0.3, -0.25) is 4.90 Å². The van der Waals surface area contributed by atoms with Crippen molar-refractivity contribution in [2.75, 3.05) is 20.1 Å². The van der Waals surface area contributed by atoms with Crippen molar-refractivity contribution in [1.29, 1.82) is 0 Å². The van der Waals surface area contributed by atoms with Crippen LogP contribution in [-0.2, 0) is 12.0 Å². The Morgan fingerprint density at radius 3 is 2.74 bits per heavy atom. The number of thiophene rings is 1. The Bertz CT molecular complexity index is 390. The van der Waals surface area contributed by atoms with Crippen molar-refractivity contribution in [2.24, 2.45) is 0 Å². The minimum Gasteiger partial charge on any atom is -0.318 e. The van der Waals surface area contributed by atoms with Crippen molar-refractivity contribution in [1.82, 2.24) is 10.2 Å². The predicted molar refractivity (Wildman–Crippen MR) is 85.0 cm³/mol. The maximum Gasteiger partial charge on any atom is 0.0331 e. The molecule has 0 saturated carbocycles. The summed E-state index contributed by atoms with van der Waals surface area (Å²) in [6.45, 7) is 10.4. The number of nitrogens with one attached hydrogen (secondary N) is 1. The summed E-state index contributed by atoms with van der Waals surface area (Å²) in [7, 11) is 2.07. The van der Waals surface area contributed by atoms with Crippen LogP contribution in [0.15, 0.2) is 12.1 Å². The van der Waals surface area contributed by atoms with E-state index in [0.717, 1.165) is 19.1 Å². The standard InChI is InChI=1S/C16H28N2S/c1-16(2,3)15-9-8-14(19-15)12-18-10-6-5-7-13(18)11-17-4/h8-9,13,17H,5-7,10-12H2,1-4H3. The van der Waals surface area contributed by atoms with Crippen LogP contribution in [0.4, 0.5) is 0 Å². The van der Waals surface area contributed by atoms with Crippen molar-refractivity contribution in [3.05, 3.63) is 21.9 Å². The molecule has 1 aromatic heterocycles. The molecule has 2 rings (SSSR count). The molecular formula is C16H28N2S. The van der Waals surface area contributed by atoms with Gasteiger partial charge in [-0.15, -0.1) is 11.3 Å². The van der Waals surface area contributed by atoms with Gasteiger partial charge in [-0.25, -0.2) is 0 Å². The van der Waals surface area contributed by atoms with E-state index in [1.807, 2.05) is 11.3 Å². The van der Waals surface area contributed by atoms with Crippen molar-refractivity contribution < 1.29 is 0 Å². The molecule has 0 aliphatic carbocycles. The zero-order valence-electron chi connectivity index (χ0n) is 12.8. The number of likely N-dealkylation sites (N-methyl/N-ethyl adjacent to an activating group) is 1. The fraction of sp³-hybridized carbons (Fsp3) is 0.750. The number of rotatable bonds is 4. The lowest BCUT2D eigenvalue weighted by atomic mass is 9.95. The molecule has 1 fully saturated rings. The molecule has 0 amide bonds. The first-order valence-electron chi connectivity index (χ1n) is 7.48. The highest BCUT2D eigenvalue weighted by Gasteiger charge is 2.23. The summed E-state index contributed by atoms with van der Waals surface area (Å²) in [6, 6.07) is 5.37. The van der Waals surface area contributed by atoms with Crippen molar-refractivity contribution in [3.63, 3.8) is 0 Å². The topological polar surface area (TPSA) is 15.3 Å². The van der Waals surface area contributed by atoms with E-state index in [2.05, 4.69) is 50.2 Å². The molecule has 1 atom stereocenters. The van der Waals surface area contributed by atoms with Gasteiger partial charge in [0.15, 0.2) is 0 Å². The number of hydrogen-bond donors (Lipinski definition) is 1. The van der Waals surface area contributed by atoms with Gasteiger partial charge in [0.05, 0.1) is 0 Å². The van der Waals surface area contributed by atoms with E-state index >= 15 is 0 Å². The average molecular weight is 280 g/mol. The molecule has 1 N–H and O–H groups in total. The van der Waals surface area contributed by atoms with E-state index in [4.69, 9.17) is 0 Å². The van der Waals surface area contributed by atoms with E-state index in [1.54, 1.807) is 0 Å². The zero-order chi connectivity index (χ0) is 13.9. The second kappa shape index (κ2) is 6.38. The first-order valence-corrected chi connectivity index (χ1v) is 8.30. The molecule has 0 spiro atoms. The van der Waals surface area contributed by atoms with Gasteiger partial charge in [0.1, 0.15) is 0 Å². The molecule has 19 heavy (non-hydrogen) atoms. The van der Waals surface area contributed by atoms with Gasteiger partial charge in [-0.05, 0) is 44.0 Å². The van der Waals surface area contributed by atoms with Gasteiger partial charge in [-0.2, -0.15) is 0 Å². The van der Waals surface area contributed by atoms with Crippen LogP contribution in [0.5, 0.6) is 0 Å². The second-order valence-electron chi connectivity index (χ2n) is 6.69. The summed E-state index contributed by atoms with van der Waals surface area (Å²) in [5.74, 6) is 0. The SMILES string of the molecule is CNCC1CCCCN1Cc1ccc(C(C)(C)C)s1. The van der Waals surface area contributed by atoms with Gasteiger partial charge >= 0.3 is 0 Å². The summed E-state index contributed by atoms with van der Waals surface area (Å²) >= 11 is 1.99. The number of likely N-dealkylation sites (tertiary alicyclic amines) is 1. The Hall–Kier alpha value is -0.380. The molecule has 1 saturated heterocycles. The monoisotopic (exact) mass is 280 g/mol. The smallest absolute Gasteiger partial charge is 0.0331 e. The molecule has 0 bridgehead atoms. The Labute approximate surface area is 122 Å². The molecule has 108 valence electrons. The minimum atomic E-state index is 0.287. The van der Waals surface area contributed by atoms with E-state index in [0.29, 0.717) is 0 Å². The summed E-state index contributed by atoms with van der Waals surface area (Å²) in [6.07, 6.45) is 4.09. The van der Waals surface area contributed by atoms with Crippen LogP contribution in [0.2, 0.25) is 0 Å². The molecule has 3 heteroatoms. The number of piperidine rings is 1. The molecule has 1 aromatic rings. The number of nitrogens with zero attached hydrogens (tertiary/aromatic N) is 1. The van der Waals surface area contributed by atoms with Crippen LogP contribution in [0.25, 0.3) is 0 Å². The summed E-state index contributed by atoms with van der Waals surface area (Å²) < 4.78 is 0. The molecule has 0 aromatic carbocycles. The highest BCUT2D eigenvalue weighted by molar-refractivity contribution is 7.12. The normalized spacial score (nSPS) is 21.8. The van der Waals surface area contributed by atoms with Gasteiger partial charge in [0, 0.05) is 28.9 Å². The Morgan fingerprint density at radius 2 is 2.11 bits per heavy atom. The highest BCUT2D eigenvalue weighted by atomic mass is 32.1. The minimum absolute atomic E-state index is 0.287. The molecule has 2 nitrogen and oxygen atoms in total. The van der Waals surface area contributed by atoms with Crippen LogP contribution < -0.4 is 5.32 Å². The molecule has 0 radical (unpaired) electrons. The Balaban J connectivity index is 2.00. The Morgan fingerprint density at radius 1 is 1.32 bits per heavy atom. The predicted octanol–water partition coefficient (Wildman–Crippen LogP) is 3.62. The summed E-state index contributed by atoms with van der Waals surface area (Å²) in [4.78, 5) is 5.69. The van der Waals surface area contributed by atoms with E-state index in [-0.39, 0.29) is 5.41 Å². The van der Waals surface area contributed by atoms with Crippen molar-refractivity contribution >= 4 is 11.3 Å². The van der Waals surface area contributed by atoms with Gasteiger partial charge < -0.3 is 5.32 Å². The van der Waals surface area contributed by atoms with Crippen molar-refractivity contribution in [3.8, 4) is 0 Å². The van der Waals surface area contributed by atoms with Crippen LogP contribution >= 0.6 is 11.3 Å². The van der Waals surface area contributed by atoms with Crippen molar-refractivity contribution in [2.45, 2.75) is 58.0 Å². The fourth-order valence-corrected chi connectivity index (χ4v) is 3.89. The lowest BCUT2D eigenvalue weighted by Gasteiger charge is -2.35. The lowest BCUT2D eigenvalue weighted by molar-refractivity contribution is 0.140. The molecule has 1 aliphatic rings. The lowest BCUT2D eigenvalue weighted by Crippen LogP contribution is -2.44. The van der Waals surface area contributed by atoms with Gasteiger partial charge in [-0.1, -0.05) is 27.2 Å². The zero-order valence-corrected chi connectivity index (χ0v) is 13.6. The van der Waals surface area contributed by atoms with E-state index in [1.165, 1.54) is 35.6 Å². The summed E-state index contributed by atoms with van der Waals surface area (Å²) in [5.41, 5.74) is 0.287. The van der Waals surface area contributed by atoms with Crippen LogP contribution in [-0.4, -0.2) is 31.1 Å². The number of hydrogen-bond acceptors (Lipinski definition) is 3. The highest BCUT2D eigenvalue weighted by Crippen LogP contribution is 2.31. The first kappa shape index (κ1) is 15.0. The quantitative estimate of drug-likeness (QED) is 0.906. The largest absolute Gasteiger partial charge is 0.318 e. The van der Waals surface area contributed by atoms with Crippen LogP contribution in [0.1, 0.15) is 49.8 Å². The molecule has 1 unspecified atom stereocenters. The third-order valence-corrected chi connectivity index (χ3v) is 5.44. The van der Waals surface area contributed by atoms with Gasteiger partial charge in [0.2, 0.25) is 0 Å². The second-order valence-corrected chi connectivity index (χ2v) is 7.86. The maximum absolute atomic E-state index is 3.34. The fourth-order valence-electron chi connectivity index (χ4n) is 2.80. The Kier molecular flexibility index (Phi) is 5.04. The summed E-state index contributed by atoms with van der Waals surface area (Å²) in [5, 5.41) is 3.34. The van der Waals surface area contributed by atoms with Crippen LogP contribution in [0.3, 0.4) is 0 Å². The van der Waals surface area contributed by atoms with Crippen LogP contribution in [0, 0.1) is 0 Å². The molecule has 1 aliphatic heterocycles. The molecule has 2 heterocycles. The van der Waals surface area contributed by atoms with E-state index < -0.39 is 0 Å².